The Morgan fingerprint density at radius 2 is 2.00 bits per heavy atom. The molecule has 0 aliphatic heterocycles. The van der Waals surface area contributed by atoms with Gasteiger partial charge in [-0.25, -0.2) is 0 Å². The van der Waals surface area contributed by atoms with Crippen molar-refractivity contribution < 1.29 is 0 Å². The fraction of sp³-hybridized carbons (Fsp3) is 0.353. The standard InChI is InChI=1S/C17H21NO/c1-3-4-5-6-7-11-15-13(2)17(19)14-10-8-9-12-16(14)18-15/h6-10,12H,3-5,11H2,1-2H3,(H,18,19)/b7-6-. The summed E-state index contributed by atoms with van der Waals surface area (Å²) in [6, 6.07) is 7.69. The van der Waals surface area contributed by atoms with Crippen LogP contribution in [0.3, 0.4) is 0 Å². The van der Waals surface area contributed by atoms with E-state index in [0.29, 0.717) is 0 Å². The summed E-state index contributed by atoms with van der Waals surface area (Å²) in [6.07, 6.45) is 8.72. The average molecular weight is 255 g/mol. The first-order chi connectivity index (χ1) is 9.24. The van der Waals surface area contributed by atoms with E-state index in [1.54, 1.807) is 0 Å². The van der Waals surface area contributed by atoms with Gasteiger partial charge in [0, 0.05) is 28.6 Å². The third-order valence-corrected chi connectivity index (χ3v) is 3.46. The van der Waals surface area contributed by atoms with Crippen LogP contribution in [0.5, 0.6) is 0 Å². The van der Waals surface area contributed by atoms with E-state index in [4.69, 9.17) is 0 Å². The van der Waals surface area contributed by atoms with Gasteiger partial charge in [-0.05, 0) is 25.5 Å². The number of para-hydroxylation sites is 1. The van der Waals surface area contributed by atoms with Gasteiger partial charge in [0.15, 0.2) is 5.43 Å². The Morgan fingerprint density at radius 1 is 1.21 bits per heavy atom. The minimum atomic E-state index is 0.145. The van der Waals surface area contributed by atoms with Crippen LogP contribution < -0.4 is 5.43 Å². The lowest BCUT2D eigenvalue weighted by Gasteiger charge is -2.06. The van der Waals surface area contributed by atoms with E-state index in [0.717, 1.165) is 35.0 Å². The van der Waals surface area contributed by atoms with Crippen LogP contribution in [-0.4, -0.2) is 4.98 Å². The van der Waals surface area contributed by atoms with Crippen molar-refractivity contribution >= 4 is 10.9 Å². The smallest absolute Gasteiger partial charge is 0.192 e. The first-order valence-electron chi connectivity index (χ1n) is 6.99. The molecular weight excluding hydrogens is 234 g/mol. The van der Waals surface area contributed by atoms with Gasteiger partial charge < -0.3 is 4.98 Å². The molecule has 0 saturated heterocycles. The molecule has 0 fully saturated rings. The highest BCUT2D eigenvalue weighted by Crippen LogP contribution is 2.11. The second-order valence-electron chi connectivity index (χ2n) is 4.92. The highest BCUT2D eigenvalue weighted by Gasteiger charge is 2.06. The number of H-pyrrole nitrogens is 1. The summed E-state index contributed by atoms with van der Waals surface area (Å²) in [4.78, 5) is 15.6. The quantitative estimate of drug-likeness (QED) is 0.632. The van der Waals surface area contributed by atoms with Crippen LogP contribution in [0.15, 0.2) is 41.2 Å². The minimum Gasteiger partial charge on any atom is -0.358 e. The molecule has 0 spiro atoms. The minimum absolute atomic E-state index is 0.145. The number of fused-ring (bicyclic) bond motifs is 1. The van der Waals surface area contributed by atoms with Gasteiger partial charge >= 0.3 is 0 Å². The number of aromatic amines is 1. The molecular formula is C17H21NO. The molecule has 1 N–H and O–H groups in total. The molecule has 0 amide bonds. The predicted molar refractivity (Wildman–Crippen MR) is 81.7 cm³/mol. The van der Waals surface area contributed by atoms with Crippen molar-refractivity contribution in [1.82, 2.24) is 4.98 Å². The van der Waals surface area contributed by atoms with Crippen molar-refractivity contribution in [2.45, 2.75) is 39.5 Å². The maximum atomic E-state index is 12.2. The summed E-state index contributed by atoms with van der Waals surface area (Å²) in [5.74, 6) is 0. The highest BCUT2D eigenvalue weighted by molar-refractivity contribution is 5.79. The molecule has 2 heteroatoms. The van der Waals surface area contributed by atoms with Gasteiger partial charge in [0.1, 0.15) is 0 Å². The number of rotatable bonds is 5. The van der Waals surface area contributed by atoms with E-state index < -0.39 is 0 Å². The van der Waals surface area contributed by atoms with Crippen LogP contribution in [-0.2, 0) is 6.42 Å². The third kappa shape index (κ3) is 3.14. The summed E-state index contributed by atoms with van der Waals surface area (Å²) in [5, 5.41) is 0.777. The molecule has 0 saturated carbocycles. The Bertz CT molecular complexity index is 637. The van der Waals surface area contributed by atoms with Gasteiger partial charge in [-0.3, -0.25) is 4.79 Å². The average Bonchev–Trinajstić information content (AvgIpc) is 2.44. The van der Waals surface area contributed by atoms with Crippen LogP contribution in [0.2, 0.25) is 0 Å². The zero-order valence-corrected chi connectivity index (χ0v) is 11.7. The lowest BCUT2D eigenvalue weighted by Crippen LogP contribution is -2.11. The van der Waals surface area contributed by atoms with E-state index in [2.05, 4.69) is 24.1 Å². The predicted octanol–water partition coefficient (Wildman–Crippen LogP) is 4.13. The molecule has 2 rings (SSSR count). The number of nitrogens with one attached hydrogen (secondary N) is 1. The van der Waals surface area contributed by atoms with Gasteiger partial charge in [0.25, 0.3) is 0 Å². The Kier molecular flexibility index (Phi) is 4.56. The van der Waals surface area contributed by atoms with Crippen molar-refractivity contribution in [3.63, 3.8) is 0 Å². The number of hydrogen-bond acceptors (Lipinski definition) is 1. The number of pyridine rings is 1. The van der Waals surface area contributed by atoms with Crippen molar-refractivity contribution in [3.8, 4) is 0 Å². The Balaban J connectivity index is 2.26. The monoisotopic (exact) mass is 255 g/mol. The van der Waals surface area contributed by atoms with Gasteiger partial charge in [0.05, 0.1) is 0 Å². The summed E-state index contributed by atoms with van der Waals surface area (Å²) >= 11 is 0. The molecule has 19 heavy (non-hydrogen) atoms. The first kappa shape index (κ1) is 13.6. The van der Waals surface area contributed by atoms with Crippen molar-refractivity contribution in [3.05, 3.63) is 57.9 Å². The number of hydrogen-bond donors (Lipinski definition) is 1. The SMILES string of the molecule is CCCC/C=C\Cc1[nH]c2ccccc2c(=O)c1C. The van der Waals surface area contributed by atoms with Crippen molar-refractivity contribution in [1.29, 1.82) is 0 Å². The van der Waals surface area contributed by atoms with Crippen LogP contribution in [0.4, 0.5) is 0 Å². The Hall–Kier alpha value is -1.83. The van der Waals surface area contributed by atoms with E-state index >= 15 is 0 Å². The van der Waals surface area contributed by atoms with E-state index in [9.17, 15) is 4.79 Å². The number of allylic oxidation sites excluding steroid dienone is 2. The topological polar surface area (TPSA) is 32.9 Å². The van der Waals surface area contributed by atoms with E-state index in [-0.39, 0.29) is 5.43 Å². The molecule has 2 nitrogen and oxygen atoms in total. The van der Waals surface area contributed by atoms with Gasteiger partial charge in [-0.15, -0.1) is 0 Å². The fourth-order valence-corrected chi connectivity index (χ4v) is 2.23. The highest BCUT2D eigenvalue weighted by atomic mass is 16.1. The molecule has 0 radical (unpaired) electrons. The van der Waals surface area contributed by atoms with Crippen LogP contribution >= 0.6 is 0 Å². The Labute approximate surface area is 114 Å². The Morgan fingerprint density at radius 3 is 2.79 bits per heavy atom. The summed E-state index contributed by atoms with van der Waals surface area (Å²) < 4.78 is 0. The van der Waals surface area contributed by atoms with Gasteiger partial charge in [-0.1, -0.05) is 44.1 Å². The van der Waals surface area contributed by atoms with Crippen LogP contribution in [0, 0.1) is 6.92 Å². The molecule has 0 aliphatic carbocycles. The number of unbranched alkanes of at least 4 members (excludes halogenated alkanes) is 2. The first-order valence-corrected chi connectivity index (χ1v) is 6.99. The molecule has 2 aromatic rings. The second kappa shape index (κ2) is 6.37. The molecule has 100 valence electrons. The lowest BCUT2D eigenvalue weighted by molar-refractivity contribution is 0.812. The van der Waals surface area contributed by atoms with Gasteiger partial charge in [-0.2, -0.15) is 0 Å². The summed E-state index contributed by atoms with van der Waals surface area (Å²) in [7, 11) is 0. The summed E-state index contributed by atoms with van der Waals surface area (Å²) in [6.45, 7) is 4.10. The normalized spacial score (nSPS) is 11.5. The molecule has 0 atom stereocenters. The van der Waals surface area contributed by atoms with Crippen molar-refractivity contribution in [2.24, 2.45) is 0 Å². The van der Waals surface area contributed by atoms with Gasteiger partial charge in [0.2, 0.25) is 0 Å². The largest absolute Gasteiger partial charge is 0.358 e. The molecule has 1 aromatic heterocycles. The summed E-state index contributed by atoms with van der Waals surface area (Å²) in [5.41, 5.74) is 2.93. The van der Waals surface area contributed by atoms with Crippen LogP contribution in [0.25, 0.3) is 10.9 Å². The van der Waals surface area contributed by atoms with E-state index in [1.807, 2.05) is 31.2 Å². The third-order valence-electron chi connectivity index (χ3n) is 3.46. The zero-order valence-electron chi connectivity index (χ0n) is 11.7. The molecule has 0 aliphatic rings. The van der Waals surface area contributed by atoms with E-state index in [1.165, 1.54) is 12.8 Å². The molecule has 0 unspecified atom stereocenters. The molecule has 0 bridgehead atoms. The number of benzene rings is 1. The second-order valence-corrected chi connectivity index (χ2v) is 4.92. The maximum absolute atomic E-state index is 12.2. The number of aromatic nitrogens is 1. The zero-order chi connectivity index (χ0) is 13.7. The van der Waals surface area contributed by atoms with Crippen molar-refractivity contribution in [2.75, 3.05) is 0 Å². The fourth-order valence-electron chi connectivity index (χ4n) is 2.23. The maximum Gasteiger partial charge on any atom is 0.192 e. The lowest BCUT2D eigenvalue weighted by atomic mass is 10.1. The molecule has 1 heterocycles. The molecule has 1 aromatic carbocycles. The van der Waals surface area contributed by atoms with Crippen LogP contribution in [0.1, 0.15) is 37.4 Å².